The van der Waals surface area contributed by atoms with Crippen molar-refractivity contribution in [1.82, 2.24) is 0 Å². The molecule has 2 unspecified atom stereocenters. The van der Waals surface area contributed by atoms with Gasteiger partial charge in [0.05, 0.1) is 14.2 Å². The van der Waals surface area contributed by atoms with Gasteiger partial charge in [-0.05, 0) is 110 Å². The molecule has 248 valence electrons. The molecule has 2 aromatic carbocycles. The number of ether oxygens (including phenoxy) is 3. The van der Waals surface area contributed by atoms with Gasteiger partial charge in [-0.25, -0.2) is 0 Å². The second-order valence-electron chi connectivity index (χ2n) is 13.8. The Hall–Kier alpha value is -2.52. The van der Waals surface area contributed by atoms with Crippen LogP contribution in [0.2, 0.25) is 0 Å². The molecule has 2 fully saturated rings. The zero-order valence-corrected chi connectivity index (χ0v) is 28.9. The third-order valence-electron chi connectivity index (χ3n) is 10.5. The van der Waals surface area contributed by atoms with Crippen molar-refractivity contribution >= 4 is 0 Å². The highest BCUT2D eigenvalue weighted by molar-refractivity contribution is 5.33. The van der Waals surface area contributed by atoms with E-state index in [4.69, 9.17) is 14.2 Å². The minimum Gasteiger partial charge on any atom is -0.497 e. The van der Waals surface area contributed by atoms with Crippen LogP contribution in [0.5, 0.6) is 11.5 Å². The van der Waals surface area contributed by atoms with Crippen LogP contribution in [0.1, 0.15) is 140 Å². The number of benzene rings is 2. The van der Waals surface area contributed by atoms with Gasteiger partial charge in [-0.3, -0.25) is 0 Å². The van der Waals surface area contributed by atoms with E-state index in [-0.39, 0.29) is 12.2 Å². The Morgan fingerprint density at radius 1 is 0.556 bits per heavy atom. The van der Waals surface area contributed by atoms with Crippen LogP contribution in [0.3, 0.4) is 0 Å². The lowest BCUT2D eigenvalue weighted by Gasteiger charge is -2.28. The van der Waals surface area contributed by atoms with E-state index in [1.807, 2.05) is 0 Å². The fourth-order valence-corrected chi connectivity index (χ4v) is 7.44. The standard InChI is InChI=1S/C42H62O3/c1-5-7-9-11-33-13-17-35(18-14-33)21-31-41(37-23-27-39(43-3)28-24-37)45-42(38-25-29-40(44-4)30-26-38)32-22-36-19-15-34(16-20-36)12-10-8-6-2/h21-36,41-42H,5-20H2,1-4H3/b31-21+,32-22+/t33-,34-,35-,36-,41?,42?. The van der Waals surface area contributed by atoms with Gasteiger partial charge in [-0.1, -0.05) is 114 Å². The largest absolute Gasteiger partial charge is 0.497 e. The minimum absolute atomic E-state index is 0.135. The summed E-state index contributed by atoms with van der Waals surface area (Å²) in [6.07, 6.45) is 31.0. The maximum Gasteiger partial charge on any atom is 0.118 e. The Labute approximate surface area is 275 Å². The van der Waals surface area contributed by atoms with Crippen molar-refractivity contribution in [3.8, 4) is 11.5 Å². The molecule has 2 aromatic rings. The van der Waals surface area contributed by atoms with Crippen molar-refractivity contribution in [1.29, 1.82) is 0 Å². The van der Waals surface area contributed by atoms with Gasteiger partial charge in [0.1, 0.15) is 23.7 Å². The van der Waals surface area contributed by atoms with Gasteiger partial charge in [0.15, 0.2) is 0 Å². The molecular formula is C42H62O3. The van der Waals surface area contributed by atoms with Crippen LogP contribution in [0, 0.1) is 23.7 Å². The number of rotatable bonds is 18. The zero-order chi connectivity index (χ0) is 31.7. The summed E-state index contributed by atoms with van der Waals surface area (Å²) in [6.45, 7) is 4.61. The molecule has 4 rings (SSSR count). The first-order valence-electron chi connectivity index (χ1n) is 18.4. The Morgan fingerprint density at radius 2 is 0.933 bits per heavy atom. The molecule has 2 aliphatic carbocycles. The third-order valence-corrected chi connectivity index (χ3v) is 10.5. The van der Waals surface area contributed by atoms with Crippen LogP contribution in [-0.2, 0) is 4.74 Å². The summed E-state index contributed by atoms with van der Waals surface area (Å²) in [7, 11) is 3.45. The molecule has 3 heteroatoms. The maximum absolute atomic E-state index is 7.07. The first-order valence-corrected chi connectivity index (χ1v) is 18.4. The lowest BCUT2D eigenvalue weighted by molar-refractivity contribution is 0.0390. The van der Waals surface area contributed by atoms with Crippen LogP contribution in [0.4, 0.5) is 0 Å². The lowest BCUT2D eigenvalue weighted by atomic mass is 9.79. The summed E-state index contributed by atoms with van der Waals surface area (Å²) >= 11 is 0. The van der Waals surface area contributed by atoms with Crippen LogP contribution in [-0.4, -0.2) is 14.2 Å². The van der Waals surface area contributed by atoms with E-state index in [0.29, 0.717) is 11.8 Å². The summed E-state index contributed by atoms with van der Waals surface area (Å²) in [5, 5.41) is 0. The van der Waals surface area contributed by atoms with Gasteiger partial charge >= 0.3 is 0 Å². The zero-order valence-electron chi connectivity index (χ0n) is 28.9. The van der Waals surface area contributed by atoms with Crippen molar-refractivity contribution in [3.63, 3.8) is 0 Å². The second kappa shape index (κ2) is 19.9. The van der Waals surface area contributed by atoms with Crippen molar-refractivity contribution in [2.45, 2.75) is 129 Å². The Kier molecular flexibility index (Phi) is 15.6. The molecule has 0 spiro atoms. The molecule has 0 aromatic heterocycles. The molecule has 3 nitrogen and oxygen atoms in total. The van der Waals surface area contributed by atoms with Gasteiger partial charge < -0.3 is 14.2 Å². The van der Waals surface area contributed by atoms with Crippen LogP contribution < -0.4 is 9.47 Å². The van der Waals surface area contributed by atoms with Crippen molar-refractivity contribution < 1.29 is 14.2 Å². The quantitative estimate of drug-likeness (QED) is 0.123. The molecule has 0 aliphatic heterocycles. The predicted molar refractivity (Wildman–Crippen MR) is 190 cm³/mol. The van der Waals surface area contributed by atoms with Crippen LogP contribution in [0.15, 0.2) is 72.8 Å². The number of hydrogen-bond donors (Lipinski definition) is 0. The molecule has 0 N–H and O–H groups in total. The molecule has 45 heavy (non-hydrogen) atoms. The highest BCUT2D eigenvalue weighted by atomic mass is 16.5. The molecule has 2 saturated carbocycles. The normalized spacial score (nSPS) is 23.7. The molecule has 2 aliphatic rings. The van der Waals surface area contributed by atoms with Gasteiger partial charge in [0.2, 0.25) is 0 Å². The SMILES string of the molecule is CCCCC[C@H]1CC[C@H](/C=C/C(OC(/C=C/[C@H]2CC[C@H](CCCCC)CC2)c2ccc(OC)cc2)c2ccc(OC)cc2)CC1. The lowest BCUT2D eigenvalue weighted by Crippen LogP contribution is -2.14. The van der Waals surface area contributed by atoms with Gasteiger partial charge in [0.25, 0.3) is 0 Å². The van der Waals surface area contributed by atoms with E-state index in [0.717, 1.165) is 23.3 Å². The average Bonchev–Trinajstić information content (AvgIpc) is 3.09. The molecule has 0 saturated heterocycles. The fourth-order valence-electron chi connectivity index (χ4n) is 7.44. The minimum atomic E-state index is -0.135. The fraction of sp³-hybridized carbons (Fsp3) is 0.619. The molecule has 2 atom stereocenters. The van der Waals surface area contributed by atoms with Crippen molar-refractivity contribution in [2.24, 2.45) is 23.7 Å². The average molecular weight is 615 g/mol. The molecule has 0 radical (unpaired) electrons. The topological polar surface area (TPSA) is 27.7 Å². The van der Waals surface area contributed by atoms with Gasteiger partial charge in [0, 0.05) is 0 Å². The van der Waals surface area contributed by atoms with Crippen molar-refractivity contribution in [2.75, 3.05) is 14.2 Å². The molecule has 0 heterocycles. The summed E-state index contributed by atoms with van der Waals surface area (Å²) < 4.78 is 18.0. The van der Waals surface area contributed by atoms with E-state index in [9.17, 15) is 0 Å². The van der Waals surface area contributed by atoms with E-state index < -0.39 is 0 Å². The smallest absolute Gasteiger partial charge is 0.118 e. The first-order chi connectivity index (χ1) is 22.1. The number of allylic oxidation sites excluding steroid dienone is 2. The number of hydrogen-bond acceptors (Lipinski definition) is 3. The monoisotopic (exact) mass is 614 g/mol. The Bertz CT molecular complexity index is 1010. The van der Waals surface area contributed by atoms with Crippen molar-refractivity contribution in [3.05, 3.63) is 84.0 Å². The second-order valence-corrected chi connectivity index (χ2v) is 13.8. The van der Waals surface area contributed by atoms with Gasteiger partial charge in [-0.15, -0.1) is 0 Å². The maximum atomic E-state index is 7.07. The summed E-state index contributed by atoms with van der Waals surface area (Å²) in [6, 6.07) is 16.9. The van der Waals surface area contributed by atoms with E-state index in [2.05, 4.69) is 86.7 Å². The molecular weight excluding hydrogens is 552 g/mol. The molecule has 0 amide bonds. The van der Waals surface area contributed by atoms with E-state index in [1.165, 1.54) is 114 Å². The Balaban J connectivity index is 1.48. The highest BCUT2D eigenvalue weighted by Gasteiger charge is 2.23. The van der Waals surface area contributed by atoms with Crippen LogP contribution >= 0.6 is 0 Å². The number of unbranched alkanes of at least 4 members (excludes halogenated alkanes) is 4. The van der Waals surface area contributed by atoms with E-state index >= 15 is 0 Å². The third kappa shape index (κ3) is 12.0. The Morgan fingerprint density at radius 3 is 1.27 bits per heavy atom. The van der Waals surface area contributed by atoms with E-state index in [1.54, 1.807) is 14.2 Å². The first kappa shape index (κ1) is 35.3. The number of methoxy groups -OCH3 is 2. The summed E-state index contributed by atoms with van der Waals surface area (Å²) in [5.41, 5.74) is 2.33. The summed E-state index contributed by atoms with van der Waals surface area (Å²) in [5.74, 6) is 4.87. The highest BCUT2D eigenvalue weighted by Crippen LogP contribution is 2.37. The summed E-state index contributed by atoms with van der Waals surface area (Å²) in [4.78, 5) is 0. The molecule has 0 bridgehead atoms. The predicted octanol–water partition coefficient (Wildman–Crippen LogP) is 12.4. The van der Waals surface area contributed by atoms with Gasteiger partial charge in [-0.2, -0.15) is 0 Å². The van der Waals surface area contributed by atoms with Crippen LogP contribution in [0.25, 0.3) is 0 Å².